The fourth-order valence-electron chi connectivity index (χ4n) is 4.10. The number of carbonyl (C=O) groups excluding carboxylic acids is 2. The molecule has 0 saturated carbocycles. The summed E-state index contributed by atoms with van der Waals surface area (Å²) >= 11 is 1.53. The number of thiophene rings is 1. The van der Waals surface area contributed by atoms with Crippen molar-refractivity contribution in [2.75, 3.05) is 19.0 Å². The standard InChI is InChI=1S/C25H33NO4S/c1-6-30-18-11-7-16(8-12-18)9-14-21(27)26-23-22(24(28)29-5)19-13-10-17(25(2,3)4)15-20(19)31-23/h7-8,11-12,17H,6,9-10,13-15H2,1-5H3,(H,26,27). The van der Waals surface area contributed by atoms with Gasteiger partial charge >= 0.3 is 5.97 Å². The van der Waals surface area contributed by atoms with Crippen LogP contribution in [0.25, 0.3) is 0 Å². The fraction of sp³-hybridized carbons (Fsp3) is 0.520. The Bertz CT molecular complexity index is 924. The van der Waals surface area contributed by atoms with E-state index in [1.54, 1.807) is 0 Å². The third-order valence-electron chi connectivity index (χ3n) is 6.01. The molecule has 0 radical (unpaired) electrons. The minimum atomic E-state index is -0.367. The van der Waals surface area contributed by atoms with Crippen molar-refractivity contribution < 1.29 is 19.1 Å². The molecule has 1 aliphatic carbocycles. The highest BCUT2D eigenvalue weighted by molar-refractivity contribution is 7.17. The zero-order valence-electron chi connectivity index (χ0n) is 19.2. The number of fused-ring (bicyclic) bond motifs is 1. The van der Waals surface area contributed by atoms with Gasteiger partial charge in [-0.2, -0.15) is 0 Å². The lowest BCUT2D eigenvalue weighted by atomic mass is 9.72. The second-order valence-corrected chi connectivity index (χ2v) is 10.2. The second kappa shape index (κ2) is 9.86. The van der Waals surface area contributed by atoms with E-state index in [0.717, 1.165) is 36.1 Å². The number of amides is 1. The van der Waals surface area contributed by atoms with E-state index in [4.69, 9.17) is 9.47 Å². The molecule has 5 nitrogen and oxygen atoms in total. The molecule has 1 heterocycles. The first-order chi connectivity index (χ1) is 14.7. The number of aryl methyl sites for hydroxylation is 1. The van der Waals surface area contributed by atoms with Crippen LogP contribution in [-0.2, 0) is 28.8 Å². The molecule has 1 amide bonds. The van der Waals surface area contributed by atoms with Gasteiger partial charge in [-0.1, -0.05) is 32.9 Å². The highest BCUT2D eigenvalue weighted by Crippen LogP contribution is 2.44. The summed E-state index contributed by atoms with van der Waals surface area (Å²) in [6.07, 6.45) is 3.81. The Morgan fingerprint density at radius 1 is 1.19 bits per heavy atom. The van der Waals surface area contributed by atoms with Crippen LogP contribution in [0, 0.1) is 11.3 Å². The molecule has 0 spiro atoms. The highest BCUT2D eigenvalue weighted by atomic mass is 32.1. The molecular weight excluding hydrogens is 410 g/mol. The lowest BCUT2D eigenvalue weighted by Gasteiger charge is -2.33. The van der Waals surface area contributed by atoms with Crippen molar-refractivity contribution in [3.63, 3.8) is 0 Å². The molecule has 1 unspecified atom stereocenters. The molecule has 1 aromatic heterocycles. The summed E-state index contributed by atoms with van der Waals surface area (Å²) in [6.45, 7) is 9.38. The van der Waals surface area contributed by atoms with E-state index in [9.17, 15) is 9.59 Å². The molecule has 168 valence electrons. The maximum atomic E-state index is 12.7. The Labute approximate surface area is 189 Å². The van der Waals surface area contributed by atoms with Gasteiger partial charge in [-0.25, -0.2) is 4.79 Å². The Balaban J connectivity index is 1.71. The van der Waals surface area contributed by atoms with E-state index in [1.807, 2.05) is 31.2 Å². The number of anilines is 1. The topological polar surface area (TPSA) is 64.6 Å². The van der Waals surface area contributed by atoms with Crippen molar-refractivity contribution >= 4 is 28.2 Å². The van der Waals surface area contributed by atoms with Gasteiger partial charge < -0.3 is 14.8 Å². The van der Waals surface area contributed by atoms with Crippen LogP contribution in [0.4, 0.5) is 5.00 Å². The minimum Gasteiger partial charge on any atom is -0.494 e. The Hall–Kier alpha value is -2.34. The number of hydrogen-bond donors (Lipinski definition) is 1. The predicted octanol–water partition coefficient (Wildman–Crippen LogP) is 5.66. The summed E-state index contributed by atoms with van der Waals surface area (Å²) < 4.78 is 10.5. The Kier molecular flexibility index (Phi) is 7.42. The number of benzene rings is 1. The molecule has 1 aliphatic rings. The first kappa shape index (κ1) is 23.3. The molecule has 6 heteroatoms. The van der Waals surface area contributed by atoms with E-state index in [1.165, 1.54) is 23.3 Å². The number of methoxy groups -OCH3 is 1. The average Bonchev–Trinajstić information content (AvgIpc) is 3.09. The van der Waals surface area contributed by atoms with Crippen molar-refractivity contribution in [1.82, 2.24) is 0 Å². The predicted molar refractivity (Wildman–Crippen MR) is 125 cm³/mol. The number of carbonyl (C=O) groups is 2. The van der Waals surface area contributed by atoms with Crippen LogP contribution in [0.3, 0.4) is 0 Å². The van der Waals surface area contributed by atoms with Gasteiger partial charge in [0.2, 0.25) is 5.91 Å². The molecule has 1 N–H and O–H groups in total. The van der Waals surface area contributed by atoms with Gasteiger partial charge in [0.15, 0.2) is 0 Å². The van der Waals surface area contributed by atoms with Gasteiger partial charge in [0, 0.05) is 11.3 Å². The molecule has 31 heavy (non-hydrogen) atoms. The fourth-order valence-corrected chi connectivity index (χ4v) is 5.43. The zero-order chi connectivity index (χ0) is 22.6. The van der Waals surface area contributed by atoms with Crippen molar-refractivity contribution in [2.45, 2.75) is 59.8 Å². The van der Waals surface area contributed by atoms with Gasteiger partial charge in [0.1, 0.15) is 10.8 Å². The van der Waals surface area contributed by atoms with Crippen molar-refractivity contribution in [2.24, 2.45) is 11.3 Å². The quantitative estimate of drug-likeness (QED) is 0.561. The Morgan fingerprint density at radius 2 is 1.90 bits per heavy atom. The maximum Gasteiger partial charge on any atom is 0.341 e. The molecule has 1 aromatic carbocycles. The van der Waals surface area contributed by atoms with Crippen molar-refractivity contribution in [1.29, 1.82) is 0 Å². The molecule has 0 aliphatic heterocycles. The van der Waals surface area contributed by atoms with Crippen LogP contribution in [0.1, 0.15) is 66.9 Å². The van der Waals surface area contributed by atoms with E-state index in [-0.39, 0.29) is 17.3 Å². The molecule has 0 saturated heterocycles. The molecular formula is C25H33NO4S. The lowest BCUT2D eigenvalue weighted by molar-refractivity contribution is -0.116. The first-order valence-corrected chi connectivity index (χ1v) is 11.8. The van der Waals surface area contributed by atoms with Crippen LogP contribution >= 0.6 is 11.3 Å². The van der Waals surface area contributed by atoms with Crippen molar-refractivity contribution in [3.05, 3.63) is 45.8 Å². The highest BCUT2D eigenvalue weighted by Gasteiger charge is 2.34. The molecule has 0 bridgehead atoms. The van der Waals surface area contributed by atoms with Crippen LogP contribution in [0.2, 0.25) is 0 Å². The van der Waals surface area contributed by atoms with E-state index < -0.39 is 0 Å². The number of esters is 1. The van der Waals surface area contributed by atoms with E-state index in [2.05, 4.69) is 26.1 Å². The Morgan fingerprint density at radius 3 is 2.52 bits per heavy atom. The van der Waals surface area contributed by atoms with E-state index in [0.29, 0.717) is 35.9 Å². The van der Waals surface area contributed by atoms with Gasteiger partial charge in [-0.05, 0) is 67.2 Å². The second-order valence-electron chi connectivity index (χ2n) is 9.13. The lowest BCUT2D eigenvalue weighted by Crippen LogP contribution is -2.26. The summed E-state index contributed by atoms with van der Waals surface area (Å²) in [6, 6.07) is 7.80. The molecule has 3 rings (SSSR count). The molecule has 1 atom stereocenters. The average molecular weight is 444 g/mol. The smallest absolute Gasteiger partial charge is 0.341 e. The van der Waals surface area contributed by atoms with Gasteiger partial charge in [-0.15, -0.1) is 11.3 Å². The maximum absolute atomic E-state index is 12.7. The zero-order valence-corrected chi connectivity index (χ0v) is 20.0. The SMILES string of the molecule is CCOc1ccc(CCC(=O)Nc2sc3c(c2C(=O)OC)CCC(C(C)(C)C)C3)cc1. The first-order valence-electron chi connectivity index (χ1n) is 11.0. The third-order valence-corrected chi connectivity index (χ3v) is 7.18. The normalized spacial score (nSPS) is 15.8. The minimum absolute atomic E-state index is 0.0926. The van der Waals surface area contributed by atoms with Gasteiger partial charge in [0.05, 0.1) is 19.3 Å². The van der Waals surface area contributed by atoms with Crippen LogP contribution in [0.5, 0.6) is 5.75 Å². The van der Waals surface area contributed by atoms with Crippen LogP contribution in [0.15, 0.2) is 24.3 Å². The number of hydrogen-bond acceptors (Lipinski definition) is 5. The number of ether oxygens (including phenoxy) is 2. The van der Waals surface area contributed by atoms with Crippen LogP contribution in [-0.4, -0.2) is 25.6 Å². The van der Waals surface area contributed by atoms with Gasteiger partial charge in [-0.3, -0.25) is 4.79 Å². The summed E-state index contributed by atoms with van der Waals surface area (Å²) in [5.41, 5.74) is 2.89. The summed E-state index contributed by atoms with van der Waals surface area (Å²) in [5, 5.41) is 3.62. The van der Waals surface area contributed by atoms with Crippen LogP contribution < -0.4 is 10.1 Å². The molecule has 2 aromatic rings. The summed E-state index contributed by atoms with van der Waals surface area (Å²) in [5.74, 6) is 0.932. The number of rotatable bonds is 7. The van der Waals surface area contributed by atoms with Gasteiger partial charge in [0.25, 0.3) is 0 Å². The molecule has 0 fully saturated rings. The monoisotopic (exact) mass is 443 g/mol. The third kappa shape index (κ3) is 5.67. The van der Waals surface area contributed by atoms with E-state index >= 15 is 0 Å². The summed E-state index contributed by atoms with van der Waals surface area (Å²) in [7, 11) is 1.39. The largest absolute Gasteiger partial charge is 0.494 e. The number of nitrogens with one attached hydrogen (secondary N) is 1. The summed E-state index contributed by atoms with van der Waals surface area (Å²) in [4.78, 5) is 26.4. The van der Waals surface area contributed by atoms with Crippen molar-refractivity contribution in [3.8, 4) is 5.75 Å².